The molecule has 1 aromatic heterocycles. The van der Waals surface area contributed by atoms with Crippen molar-refractivity contribution in [3.63, 3.8) is 0 Å². The van der Waals surface area contributed by atoms with Gasteiger partial charge in [-0.05, 0) is 47.5 Å². The first-order chi connectivity index (χ1) is 9.43. The van der Waals surface area contributed by atoms with E-state index in [-0.39, 0.29) is 0 Å². The minimum atomic E-state index is -0.574. The zero-order valence-electron chi connectivity index (χ0n) is 11.2. The summed E-state index contributed by atoms with van der Waals surface area (Å²) in [5.74, 6) is 0. The molecule has 2 aromatic rings. The van der Waals surface area contributed by atoms with E-state index in [0.717, 1.165) is 36.9 Å². The summed E-state index contributed by atoms with van der Waals surface area (Å²) in [6.45, 7) is 4.79. The highest BCUT2D eigenvalue weighted by molar-refractivity contribution is 9.11. The first-order valence-electron chi connectivity index (χ1n) is 6.28. The van der Waals surface area contributed by atoms with Crippen LogP contribution in [0.5, 0.6) is 0 Å². The Bertz CT molecular complexity index is 625. The van der Waals surface area contributed by atoms with Gasteiger partial charge in [-0.25, -0.2) is 0 Å². The average Bonchev–Trinajstić information content (AvgIpc) is 2.66. The number of nitrogens with zero attached hydrogens (tertiary/aromatic N) is 2. The van der Waals surface area contributed by atoms with Crippen LogP contribution >= 0.6 is 47.8 Å². The van der Waals surface area contributed by atoms with E-state index in [1.807, 2.05) is 36.7 Å². The Morgan fingerprint density at radius 3 is 2.60 bits per heavy atom. The van der Waals surface area contributed by atoms with E-state index < -0.39 is 6.10 Å². The van der Waals surface area contributed by atoms with Crippen LogP contribution in [0.3, 0.4) is 0 Å². The molecule has 0 saturated heterocycles. The molecular weight excluding hydrogens is 452 g/mol. The first-order valence-corrected chi connectivity index (χ1v) is 8.66. The van der Waals surface area contributed by atoms with Crippen molar-refractivity contribution in [2.75, 3.05) is 0 Å². The minimum Gasteiger partial charge on any atom is -0.388 e. The molecule has 0 radical (unpaired) electrons. The van der Waals surface area contributed by atoms with E-state index in [4.69, 9.17) is 0 Å². The topological polar surface area (TPSA) is 38.0 Å². The van der Waals surface area contributed by atoms with Crippen LogP contribution in [-0.2, 0) is 13.0 Å². The maximum atomic E-state index is 10.5. The van der Waals surface area contributed by atoms with Crippen LogP contribution < -0.4 is 0 Å². The van der Waals surface area contributed by atoms with Gasteiger partial charge in [-0.2, -0.15) is 5.10 Å². The van der Waals surface area contributed by atoms with Crippen molar-refractivity contribution in [3.8, 4) is 0 Å². The van der Waals surface area contributed by atoms with E-state index in [1.54, 1.807) is 0 Å². The summed E-state index contributed by atoms with van der Waals surface area (Å²) in [5.41, 5.74) is 2.85. The van der Waals surface area contributed by atoms with Crippen LogP contribution in [0, 0.1) is 6.92 Å². The SMILES string of the molecule is CCn1nc(C)c(Br)c1CC(O)c1ccc(Br)cc1Br. The Labute approximate surface area is 143 Å². The Kier molecular flexibility index (Phi) is 5.45. The van der Waals surface area contributed by atoms with Gasteiger partial charge in [0, 0.05) is 21.9 Å². The quantitative estimate of drug-likeness (QED) is 0.704. The molecule has 1 aromatic carbocycles. The van der Waals surface area contributed by atoms with Crippen molar-refractivity contribution in [1.82, 2.24) is 9.78 Å². The summed E-state index contributed by atoms with van der Waals surface area (Å²) in [5, 5.41) is 14.9. The Morgan fingerprint density at radius 1 is 1.30 bits per heavy atom. The zero-order valence-corrected chi connectivity index (χ0v) is 16.0. The molecule has 0 aliphatic rings. The van der Waals surface area contributed by atoms with Gasteiger partial charge in [-0.3, -0.25) is 4.68 Å². The van der Waals surface area contributed by atoms with E-state index in [2.05, 4.69) is 52.9 Å². The van der Waals surface area contributed by atoms with Gasteiger partial charge in [0.15, 0.2) is 0 Å². The molecular formula is C14H15Br3N2O. The predicted molar refractivity (Wildman–Crippen MR) is 90.8 cm³/mol. The van der Waals surface area contributed by atoms with Crippen molar-refractivity contribution in [3.05, 3.63) is 48.6 Å². The number of aryl methyl sites for hydroxylation is 2. The van der Waals surface area contributed by atoms with Gasteiger partial charge in [0.2, 0.25) is 0 Å². The number of benzene rings is 1. The molecule has 1 atom stereocenters. The maximum absolute atomic E-state index is 10.5. The molecule has 108 valence electrons. The van der Waals surface area contributed by atoms with Gasteiger partial charge in [0.1, 0.15) is 0 Å². The lowest BCUT2D eigenvalue weighted by atomic mass is 10.0. The molecule has 0 saturated carbocycles. The van der Waals surface area contributed by atoms with Crippen molar-refractivity contribution >= 4 is 47.8 Å². The standard InChI is InChI=1S/C14H15Br3N2O/c1-3-19-12(14(17)8(2)18-19)7-13(20)10-5-4-9(15)6-11(10)16/h4-6,13,20H,3,7H2,1-2H3. The molecule has 0 fully saturated rings. The van der Waals surface area contributed by atoms with Gasteiger partial charge < -0.3 is 5.11 Å². The van der Waals surface area contributed by atoms with Crippen molar-refractivity contribution in [2.45, 2.75) is 32.9 Å². The molecule has 1 unspecified atom stereocenters. The summed E-state index contributed by atoms with van der Waals surface area (Å²) in [6.07, 6.45) is -0.0506. The van der Waals surface area contributed by atoms with Gasteiger partial charge in [0.25, 0.3) is 0 Å². The molecule has 2 rings (SSSR count). The highest BCUT2D eigenvalue weighted by atomic mass is 79.9. The normalized spacial score (nSPS) is 12.7. The lowest BCUT2D eigenvalue weighted by Gasteiger charge is -2.14. The van der Waals surface area contributed by atoms with Crippen LogP contribution in [0.2, 0.25) is 0 Å². The van der Waals surface area contributed by atoms with E-state index >= 15 is 0 Å². The zero-order chi connectivity index (χ0) is 14.9. The van der Waals surface area contributed by atoms with Crippen LogP contribution in [0.1, 0.15) is 30.0 Å². The maximum Gasteiger partial charge on any atom is 0.0856 e. The molecule has 0 amide bonds. The number of aliphatic hydroxyl groups is 1. The second-order valence-electron chi connectivity index (χ2n) is 4.55. The molecule has 0 spiro atoms. The van der Waals surface area contributed by atoms with Crippen LogP contribution in [0.15, 0.2) is 31.6 Å². The molecule has 1 N–H and O–H groups in total. The van der Waals surface area contributed by atoms with Crippen LogP contribution in [0.4, 0.5) is 0 Å². The second-order valence-corrected chi connectivity index (χ2v) is 7.11. The lowest BCUT2D eigenvalue weighted by Crippen LogP contribution is -2.09. The Balaban J connectivity index is 2.30. The van der Waals surface area contributed by atoms with Gasteiger partial charge in [-0.1, -0.05) is 37.9 Å². The molecule has 0 aliphatic heterocycles. The fourth-order valence-electron chi connectivity index (χ4n) is 2.13. The number of hydrogen-bond acceptors (Lipinski definition) is 2. The number of rotatable bonds is 4. The molecule has 3 nitrogen and oxygen atoms in total. The van der Waals surface area contributed by atoms with Gasteiger partial charge in [-0.15, -0.1) is 0 Å². The molecule has 0 aliphatic carbocycles. The summed E-state index contributed by atoms with van der Waals surface area (Å²) in [6, 6.07) is 5.79. The fraction of sp³-hybridized carbons (Fsp3) is 0.357. The molecule has 0 bridgehead atoms. The number of halogens is 3. The first kappa shape index (κ1) is 16.2. The van der Waals surface area contributed by atoms with E-state index in [9.17, 15) is 5.11 Å². The van der Waals surface area contributed by atoms with Gasteiger partial charge >= 0.3 is 0 Å². The smallest absolute Gasteiger partial charge is 0.0856 e. The molecule has 6 heteroatoms. The Morgan fingerprint density at radius 2 is 2.00 bits per heavy atom. The fourth-order valence-corrected chi connectivity index (χ4v) is 3.89. The second kappa shape index (κ2) is 6.73. The number of aliphatic hydroxyl groups excluding tert-OH is 1. The van der Waals surface area contributed by atoms with Crippen molar-refractivity contribution in [2.24, 2.45) is 0 Å². The minimum absolute atomic E-state index is 0.523. The third kappa shape index (κ3) is 3.35. The third-order valence-electron chi connectivity index (χ3n) is 3.16. The third-order valence-corrected chi connectivity index (χ3v) is 5.37. The summed E-state index contributed by atoms with van der Waals surface area (Å²) in [4.78, 5) is 0. The summed E-state index contributed by atoms with van der Waals surface area (Å²) < 4.78 is 4.78. The van der Waals surface area contributed by atoms with Crippen LogP contribution in [-0.4, -0.2) is 14.9 Å². The van der Waals surface area contributed by atoms with Crippen molar-refractivity contribution < 1.29 is 5.11 Å². The van der Waals surface area contributed by atoms with E-state index in [0.29, 0.717) is 6.42 Å². The summed E-state index contributed by atoms with van der Waals surface area (Å²) in [7, 11) is 0. The van der Waals surface area contributed by atoms with E-state index in [1.165, 1.54) is 0 Å². The summed E-state index contributed by atoms with van der Waals surface area (Å²) >= 11 is 10.5. The van der Waals surface area contributed by atoms with Crippen molar-refractivity contribution in [1.29, 1.82) is 0 Å². The van der Waals surface area contributed by atoms with Gasteiger partial charge in [0.05, 0.1) is 22.0 Å². The predicted octanol–water partition coefficient (Wildman–Crippen LogP) is 4.78. The molecule has 1 heterocycles. The van der Waals surface area contributed by atoms with Crippen LogP contribution in [0.25, 0.3) is 0 Å². The monoisotopic (exact) mass is 464 g/mol. The highest BCUT2D eigenvalue weighted by Gasteiger charge is 2.18. The largest absolute Gasteiger partial charge is 0.388 e. The Hall–Kier alpha value is -0.170. The lowest BCUT2D eigenvalue weighted by molar-refractivity contribution is 0.174. The average molecular weight is 467 g/mol. The molecule has 20 heavy (non-hydrogen) atoms. The number of hydrogen-bond donors (Lipinski definition) is 1. The highest BCUT2D eigenvalue weighted by Crippen LogP contribution is 2.31. The number of aromatic nitrogens is 2.